The summed E-state index contributed by atoms with van der Waals surface area (Å²) in [5, 5.41) is 0. The van der Waals surface area contributed by atoms with Gasteiger partial charge in [-0.25, -0.2) is 0 Å². The van der Waals surface area contributed by atoms with Crippen molar-refractivity contribution in [3.05, 3.63) is 11.3 Å². The Morgan fingerprint density at radius 1 is 1.16 bits per heavy atom. The van der Waals surface area contributed by atoms with Crippen LogP contribution < -0.4 is 5.73 Å². The molecule has 1 spiro atoms. The maximum Gasteiger partial charge on any atom is 0.227 e. The summed E-state index contributed by atoms with van der Waals surface area (Å²) in [5.74, 6) is -1.45. The normalized spacial score (nSPS) is 35.9. The lowest BCUT2D eigenvalue weighted by Gasteiger charge is -2.40. The molecule has 3 atom stereocenters. The number of Topliss-reactive ketones (excluding diaryl/α,β-unsaturated/α-hetero) is 3. The number of nitrogens with two attached hydrogens (primary N) is 1. The molecule has 0 radical (unpaired) electrons. The first-order chi connectivity index (χ1) is 8.76. The van der Waals surface area contributed by atoms with Crippen LogP contribution in [0.3, 0.4) is 0 Å². The van der Waals surface area contributed by atoms with E-state index in [1.807, 2.05) is 20.8 Å². The fraction of sp³-hybridized carbons (Fsp3) is 0.667. The second-order valence-electron chi connectivity index (χ2n) is 6.22. The van der Waals surface area contributed by atoms with Gasteiger partial charge in [-0.15, -0.1) is 0 Å². The van der Waals surface area contributed by atoms with Crippen LogP contribution in [-0.2, 0) is 14.4 Å². The molecule has 0 amide bonds. The predicted octanol–water partition coefficient (Wildman–Crippen LogP) is 1.63. The third-order valence-electron chi connectivity index (χ3n) is 5.02. The van der Waals surface area contributed by atoms with Crippen molar-refractivity contribution in [2.75, 3.05) is 0 Å². The van der Waals surface area contributed by atoms with E-state index < -0.39 is 17.0 Å². The van der Waals surface area contributed by atoms with Crippen molar-refractivity contribution in [2.45, 2.75) is 40.5 Å². The van der Waals surface area contributed by atoms with Gasteiger partial charge in [0.1, 0.15) is 5.41 Å². The maximum absolute atomic E-state index is 12.7. The van der Waals surface area contributed by atoms with Crippen molar-refractivity contribution in [2.24, 2.45) is 28.9 Å². The number of carbonyl (C=O) groups is 3. The minimum absolute atomic E-state index is 0.0102. The minimum atomic E-state index is -1.20. The summed E-state index contributed by atoms with van der Waals surface area (Å²) in [6.45, 7) is 7.34. The molecule has 2 aliphatic carbocycles. The number of hydrogen-bond donors (Lipinski definition) is 1. The fourth-order valence-corrected chi connectivity index (χ4v) is 3.87. The predicted molar refractivity (Wildman–Crippen MR) is 71.1 cm³/mol. The van der Waals surface area contributed by atoms with Crippen LogP contribution in [0.15, 0.2) is 11.3 Å². The lowest BCUT2D eigenvalue weighted by atomic mass is 9.59. The Hall–Kier alpha value is -1.45. The zero-order valence-electron chi connectivity index (χ0n) is 11.9. The summed E-state index contributed by atoms with van der Waals surface area (Å²) in [6.07, 6.45) is 1.59. The van der Waals surface area contributed by atoms with Crippen molar-refractivity contribution in [3.8, 4) is 0 Å². The number of hydrogen-bond acceptors (Lipinski definition) is 4. The third-order valence-corrected chi connectivity index (χ3v) is 5.02. The Morgan fingerprint density at radius 2 is 1.74 bits per heavy atom. The van der Waals surface area contributed by atoms with E-state index in [-0.39, 0.29) is 34.8 Å². The summed E-state index contributed by atoms with van der Waals surface area (Å²) in [4.78, 5) is 37.4. The second kappa shape index (κ2) is 4.29. The van der Waals surface area contributed by atoms with E-state index in [9.17, 15) is 14.4 Å². The largest absolute Gasteiger partial charge is 0.395 e. The Labute approximate surface area is 113 Å². The molecule has 1 saturated carbocycles. The van der Waals surface area contributed by atoms with Crippen LogP contribution in [0.25, 0.3) is 0 Å². The second-order valence-corrected chi connectivity index (χ2v) is 6.22. The highest BCUT2D eigenvalue weighted by molar-refractivity contribution is 6.52. The van der Waals surface area contributed by atoms with Crippen LogP contribution in [0.2, 0.25) is 0 Å². The average molecular weight is 263 g/mol. The standard InChI is InChI=1S/C15H21NO3/c1-7(2)10-6-5-8(3)15(10)13(18)11(16)9(4)12(17)14(15)19/h7-8,10H,5-6,16H2,1-4H3/t8-,10-,15+/m1/s1. The lowest BCUT2D eigenvalue weighted by Crippen LogP contribution is -2.55. The Bertz CT molecular complexity index is 504. The first-order valence-electron chi connectivity index (χ1n) is 6.86. The van der Waals surface area contributed by atoms with Gasteiger partial charge in [0.25, 0.3) is 0 Å². The summed E-state index contributed by atoms with van der Waals surface area (Å²) < 4.78 is 0. The molecule has 0 aromatic heterocycles. The van der Waals surface area contributed by atoms with Gasteiger partial charge >= 0.3 is 0 Å². The van der Waals surface area contributed by atoms with E-state index in [2.05, 4.69) is 0 Å². The van der Waals surface area contributed by atoms with Gasteiger partial charge in [-0.1, -0.05) is 20.8 Å². The van der Waals surface area contributed by atoms with Crippen molar-refractivity contribution in [1.29, 1.82) is 0 Å². The summed E-state index contributed by atoms with van der Waals surface area (Å²) >= 11 is 0. The summed E-state index contributed by atoms with van der Waals surface area (Å²) in [5.41, 5.74) is 4.71. The molecule has 2 aliphatic rings. The highest BCUT2D eigenvalue weighted by atomic mass is 16.2. The SMILES string of the molecule is CC1=C(N)C(=O)[C@]2(C(=O)C1=O)[C@H](C)CC[C@@H]2C(C)C. The molecule has 0 saturated heterocycles. The van der Waals surface area contributed by atoms with Gasteiger partial charge in [0, 0.05) is 5.57 Å². The molecule has 1 fully saturated rings. The number of allylic oxidation sites excluding steroid dienone is 2. The van der Waals surface area contributed by atoms with Crippen LogP contribution in [-0.4, -0.2) is 17.3 Å². The van der Waals surface area contributed by atoms with Gasteiger partial charge < -0.3 is 5.73 Å². The molecule has 4 nitrogen and oxygen atoms in total. The molecular weight excluding hydrogens is 242 g/mol. The Balaban J connectivity index is 2.68. The zero-order chi connectivity index (χ0) is 14.5. The van der Waals surface area contributed by atoms with Gasteiger partial charge in [-0.05, 0) is 37.5 Å². The van der Waals surface area contributed by atoms with Crippen molar-refractivity contribution >= 4 is 17.3 Å². The molecule has 0 heterocycles. The quantitative estimate of drug-likeness (QED) is 0.576. The molecule has 0 aromatic carbocycles. The first-order valence-corrected chi connectivity index (χ1v) is 6.86. The van der Waals surface area contributed by atoms with Crippen molar-refractivity contribution in [1.82, 2.24) is 0 Å². The van der Waals surface area contributed by atoms with Crippen LogP contribution >= 0.6 is 0 Å². The highest BCUT2D eigenvalue weighted by Gasteiger charge is 2.63. The first kappa shape index (κ1) is 14.0. The van der Waals surface area contributed by atoms with Crippen LogP contribution in [0, 0.1) is 23.2 Å². The number of rotatable bonds is 1. The van der Waals surface area contributed by atoms with E-state index in [1.54, 1.807) is 0 Å². The molecule has 104 valence electrons. The Morgan fingerprint density at radius 3 is 2.26 bits per heavy atom. The van der Waals surface area contributed by atoms with Crippen LogP contribution in [0.5, 0.6) is 0 Å². The zero-order valence-corrected chi connectivity index (χ0v) is 11.9. The summed E-state index contributed by atoms with van der Waals surface area (Å²) in [7, 11) is 0. The van der Waals surface area contributed by atoms with E-state index in [0.29, 0.717) is 0 Å². The molecular formula is C15H21NO3. The molecule has 2 N–H and O–H groups in total. The minimum Gasteiger partial charge on any atom is -0.395 e. The molecule has 0 aromatic rings. The van der Waals surface area contributed by atoms with Crippen LogP contribution in [0.4, 0.5) is 0 Å². The molecule has 4 heteroatoms. The average Bonchev–Trinajstić information content (AvgIpc) is 2.71. The van der Waals surface area contributed by atoms with Gasteiger partial charge in [0.2, 0.25) is 11.6 Å². The molecule has 0 aliphatic heterocycles. The Kier molecular flexibility index (Phi) is 3.15. The summed E-state index contributed by atoms with van der Waals surface area (Å²) in [6, 6.07) is 0. The van der Waals surface area contributed by atoms with E-state index in [4.69, 9.17) is 5.73 Å². The molecule has 0 unspecified atom stereocenters. The van der Waals surface area contributed by atoms with Crippen molar-refractivity contribution in [3.63, 3.8) is 0 Å². The third kappa shape index (κ3) is 1.55. The number of ketones is 3. The van der Waals surface area contributed by atoms with Crippen molar-refractivity contribution < 1.29 is 14.4 Å². The highest BCUT2D eigenvalue weighted by Crippen LogP contribution is 2.54. The van der Waals surface area contributed by atoms with E-state index in [0.717, 1.165) is 12.8 Å². The fourth-order valence-electron chi connectivity index (χ4n) is 3.87. The van der Waals surface area contributed by atoms with Gasteiger partial charge in [0.05, 0.1) is 5.70 Å². The van der Waals surface area contributed by atoms with Gasteiger partial charge in [-0.3, -0.25) is 14.4 Å². The topological polar surface area (TPSA) is 77.2 Å². The van der Waals surface area contributed by atoms with E-state index >= 15 is 0 Å². The van der Waals surface area contributed by atoms with Gasteiger partial charge in [-0.2, -0.15) is 0 Å². The van der Waals surface area contributed by atoms with Gasteiger partial charge in [0.15, 0.2) is 5.78 Å². The molecule has 0 bridgehead atoms. The van der Waals surface area contributed by atoms with Crippen LogP contribution in [0.1, 0.15) is 40.5 Å². The lowest BCUT2D eigenvalue weighted by molar-refractivity contribution is -0.152. The number of carbonyl (C=O) groups excluding carboxylic acids is 3. The van der Waals surface area contributed by atoms with E-state index in [1.165, 1.54) is 6.92 Å². The smallest absolute Gasteiger partial charge is 0.227 e. The molecule has 2 rings (SSSR count). The maximum atomic E-state index is 12.7. The monoisotopic (exact) mass is 263 g/mol. The molecule has 19 heavy (non-hydrogen) atoms.